The van der Waals surface area contributed by atoms with Crippen molar-refractivity contribution in [1.82, 2.24) is 9.97 Å². The first-order valence-electron chi connectivity index (χ1n) is 6.74. The van der Waals surface area contributed by atoms with Crippen LogP contribution in [0.1, 0.15) is 21.7 Å². The van der Waals surface area contributed by atoms with Crippen LogP contribution in [0.4, 0.5) is 5.69 Å². The average molecular weight is 277 g/mol. The molecule has 0 spiro atoms. The highest BCUT2D eigenvalue weighted by Crippen LogP contribution is 2.16. The molecule has 0 radical (unpaired) electrons. The van der Waals surface area contributed by atoms with Crippen molar-refractivity contribution in [1.29, 1.82) is 0 Å². The average Bonchev–Trinajstić information content (AvgIpc) is 2.49. The molecule has 0 saturated heterocycles. The molecule has 0 saturated carbocycles. The molecule has 1 amide bonds. The number of pyridine rings is 2. The standard InChI is InChI=1S/C17H15N3O/c1-11-5-7-15-13(10-11)6-8-16(19-15)17(21)20-14-4-3-9-18-12(14)2/h3-10H,1-2H3,(H,20,21). The van der Waals surface area contributed by atoms with Gasteiger partial charge in [0.2, 0.25) is 0 Å². The molecule has 0 aliphatic heterocycles. The number of aromatic nitrogens is 2. The minimum Gasteiger partial charge on any atom is -0.319 e. The summed E-state index contributed by atoms with van der Waals surface area (Å²) >= 11 is 0. The molecule has 0 aliphatic carbocycles. The van der Waals surface area contributed by atoms with E-state index in [1.54, 1.807) is 18.3 Å². The monoisotopic (exact) mass is 277 g/mol. The maximum atomic E-state index is 12.3. The number of aryl methyl sites for hydroxylation is 2. The molecule has 3 aromatic rings. The van der Waals surface area contributed by atoms with Crippen LogP contribution >= 0.6 is 0 Å². The third-order valence-corrected chi connectivity index (χ3v) is 3.33. The van der Waals surface area contributed by atoms with Gasteiger partial charge in [0, 0.05) is 11.6 Å². The van der Waals surface area contributed by atoms with Gasteiger partial charge < -0.3 is 5.32 Å². The molecule has 1 aromatic carbocycles. The molecule has 4 heteroatoms. The van der Waals surface area contributed by atoms with Gasteiger partial charge >= 0.3 is 0 Å². The molecule has 2 aromatic heterocycles. The summed E-state index contributed by atoms with van der Waals surface area (Å²) < 4.78 is 0. The molecular formula is C17H15N3O. The van der Waals surface area contributed by atoms with Gasteiger partial charge in [-0.1, -0.05) is 17.7 Å². The van der Waals surface area contributed by atoms with Crippen molar-refractivity contribution in [3.63, 3.8) is 0 Å². The number of hydrogen-bond acceptors (Lipinski definition) is 3. The van der Waals surface area contributed by atoms with Gasteiger partial charge in [-0.25, -0.2) is 4.98 Å². The van der Waals surface area contributed by atoms with E-state index in [9.17, 15) is 4.79 Å². The normalized spacial score (nSPS) is 10.6. The molecule has 0 unspecified atom stereocenters. The van der Waals surface area contributed by atoms with Crippen LogP contribution in [0.3, 0.4) is 0 Å². The van der Waals surface area contributed by atoms with Crippen LogP contribution in [0.2, 0.25) is 0 Å². The number of amides is 1. The summed E-state index contributed by atoms with van der Waals surface area (Å²) in [6.45, 7) is 3.89. The second kappa shape index (κ2) is 5.32. The van der Waals surface area contributed by atoms with Crippen molar-refractivity contribution in [2.75, 3.05) is 5.32 Å². The van der Waals surface area contributed by atoms with E-state index >= 15 is 0 Å². The first-order chi connectivity index (χ1) is 10.1. The number of carbonyl (C=O) groups is 1. The van der Waals surface area contributed by atoms with Crippen LogP contribution in [0.15, 0.2) is 48.7 Å². The number of nitrogens with one attached hydrogen (secondary N) is 1. The zero-order valence-corrected chi connectivity index (χ0v) is 11.9. The molecule has 2 heterocycles. The van der Waals surface area contributed by atoms with Crippen molar-refractivity contribution in [3.8, 4) is 0 Å². The summed E-state index contributed by atoms with van der Waals surface area (Å²) in [7, 11) is 0. The molecule has 0 atom stereocenters. The highest BCUT2D eigenvalue weighted by Gasteiger charge is 2.10. The predicted octanol–water partition coefficient (Wildman–Crippen LogP) is 3.50. The van der Waals surface area contributed by atoms with Gasteiger partial charge in [-0.2, -0.15) is 0 Å². The summed E-state index contributed by atoms with van der Waals surface area (Å²) in [6.07, 6.45) is 1.70. The third kappa shape index (κ3) is 2.74. The molecular weight excluding hydrogens is 262 g/mol. The first-order valence-corrected chi connectivity index (χ1v) is 6.74. The highest BCUT2D eigenvalue weighted by molar-refractivity contribution is 6.04. The number of hydrogen-bond donors (Lipinski definition) is 1. The van der Waals surface area contributed by atoms with E-state index in [4.69, 9.17) is 0 Å². The first kappa shape index (κ1) is 13.2. The molecule has 3 rings (SSSR count). The SMILES string of the molecule is Cc1ccc2nc(C(=O)Nc3cccnc3C)ccc2c1. The van der Waals surface area contributed by atoms with Gasteiger partial charge in [0.05, 0.1) is 16.9 Å². The molecule has 104 valence electrons. The maximum Gasteiger partial charge on any atom is 0.274 e. The molecule has 4 nitrogen and oxygen atoms in total. The minimum atomic E-state index is -0.228. The number of rotatable bonds is 2. The molecule has 0 bridgehead atoms. The number of nitrogens with zero attached hydrogens (tertiary/aromatic N) is 2. The van der Waals surface area contributed by atoms with Crippen LogP contribution in [0.25, 0.3) is 10.9 Å². The molecule has 21 heavy (non-hydrogen) atoms. The lowest BCUT2D eigenvalue weighted by molar-refractivity contribution is 0.102. The smallest absolute Gasteiger partial charge is 0.274 e. The van der Waals surface area contributed by atoms with Gasteiger partial charge in [0.1, 0.15) is 5.69 Å². The van der Waals surface area contributed by atoms with Crippen LogP contribution in [-0.2, 0) is 0 Å². The van der Waals surface area contributed by atoms with Gasteiger partial charge in [0.15, 0.2) is 0 Å². The van der Waals surface area contributed by atoms with Crippen molar-refractivity contribution in [2.45, 2.75) is 13.8 Å². The fourth-order valence-corrected chi connectivity index (χ4v) is 2.17. The molecule has 0 aliphatic rings. The van der Waals surface area contributed by atoms with Crippen LogP contribution < -0.4 is 5.32 Å². The van der Waals surface area contributed by atoms with Gasteiger partial charge in [-0.3, -0.25) is 9.78 Å². The predicted molar refractivity (Wildman–Crippen MR) is 83.4 cm³/mol. The zero-order valence-electron chi connectivity index (χ0n) is 11.9. The van der Waals surface area contributed by atoms with Crippen molar-refractivity contribution in [3.05, 3.63) is 65.6 Å². The lowest BCUT2D eigenvalue weighted by Gasteiger charge is -2.07. The van der Waals surface area contributed by atoms with Gasteiger partial charge in [0.25, 0.3) is 5.91 Å². The Hall–Kier alpha value is -2.75. The Kier molecular flexibility index (Phi) is 3.36. The number of fused-ring (bicyclic) bond motifs is 1. The van der Waals surface area contributed by atoms with E-state index in [0.29, 0.717) is 11.4 Å². The minimum absolute atomic E-state index is 0.228. The van der Waals surface area contributed by atoms with Crippen molar-refractivity contribution >= 4 is 22.5 Å². The summed E-state index contributed by atoms with van der Waals surface area (Å²) in [6, 6.07) is 13.2. The Balaban J connectivity index is 1.91. The van der Waals surface area contributed by atoms with E-state index in [2.05, 4.69) is 21.4 Å². The Morgan fingerprint density at radius 1 is 1.10 bits per heavy atom. The Bertz CT molecular complexity index is 827. The lowest BCUT2D eigenvalue weighted by Crippen LogP contribution is -2.14. The van der Waals surface area contributed by atoms with Crippen LogP contribution in [0, 0.1) is 13.8 Å². The van der Waals surface area contributed by atoms with E-state index in [-0.39, 0.29) is 5.91 Å². The zero-order chi connectivity index (χ0) is 14.8. The maximum absolute atomic E-state index is 12.3. The number of anilines is 1. The van der Waals surface area contributed by atoms with Crippen LogP contribution in [0.5, 0.6) is 0 Å². The lowest BCUT2D eigenvalue weighted by atomic mass is 10.1. The molecule has 0 fully saturated rings. The van der Waals surface area contributed by atoms with Gasteiger partial charge in [-0.05, 0) is 44.2 Å². The Morgan fingerprint density at radius 3 is 2.76 bits per heavy atom. The number of benzene rings is 1. The van der Waals surface area contributed by atoms with Crippen LogP contribution in [-0.4, -0.2) is 15.9 Å². The summed E-state index contributed by atoms with van der Waals surface area (Å²) in [5, 5.41) is 3.87. The largest absolute Gasteiger partial charge is 0.319 e. The van der Waals surface area contributed by atoms with E-state index in [1.165, 1.54) is 5.56 Å². The van der Waals surface area contributed by atoms with Crippen molar-refractivity contribution in [2.24, 2.45) is 0 Å². The summed E-state index contributed by atoms with van der Waals surface area (Å²) in [4.78, 5) is 20.8. The van der Waals surface area contributed by atoms with Gasteiger partial charge in [-0.15, -0.1) is 0 Å². The second-order valence-corrected chi connectivity index (χ2v) is 4.98. The summed E-state index contributed by atoms with van der Waals surface area (Å²) in [5.74, 6) is -0.228. The molecule has 1 N–H and O–H groups in total. The quantitative estimate of drug-likeness (QED) is 0.780. The van der Waals surface area contributed by atoms with E-state index in [0.717, 1.165) is 16.6 Å². The topological polar surface area (TPSA) is 54.9 Å². The Morgan fingerprint density at radius 2 is 1.95 bits per heavy atom. The fourth-order valence-electron chi connectivity index (χ4n) is 2.17. The van der Waals surface area contributed by atoms with E-state index in [1.807, 2.05) is 38.1 Å². The van der Waals surface area contributed by atoms with E-state index < -0.39 is 0 Å². The second-order valence-electron chi connectivity index (χ2n) is 4.98. The van der Waals surface area contributed by atoms with Crippen molar-refractivity contribution < 1.29 is 4.79 Å². The Labute approximate surface area is 122 Å². The number of carbonyl (C=O) groups excluding carboxylic acids is 1. The highest BCUT2D eigenvalue weighted by atomic mass is 16.1. The third-order valence-electron chi connectivity index (χ3n) is 3.33. The fraction of sp³-hybridized carbons (Fsp3) is 0.118. The summed E-state index contributed by atoms with van der Waals surface area (Å²) in [5.41, 5.74) is 3.87.